The highest BCUT2D eigenvalue weighted by Crippen LogP contribution is 2.21. The number of aromatic nitrogens is 3. The summed E-state index contributed by atoms with van der Waals surface area (Å²) in [5.41, 5.74) is 2.44. The molecule has 1 fully saturated rings. The van der Waals surface area contributed by atoms with Gasteiger partial charge >= 0.3 is 0 Å². The highest BCUT2D eigenvalue weighted by molar-refractivity contribution is 6.04. The van der Waals surface area contributed by atoms with Crippen LogP contribution in [0.1, 0.15) is 29.8 Å². The number of amides is 1. The van der Waals surface area contributed by atoms with Crippen molar-refractivity contribution < 1.29 is 4.79 Å². The third kappa shape index (κ3) is 3.78. The first-order valence-electron chi connectivity index (χ1n) is 9.74. The summed E-state index contributed by atoms with van der Waals surface area (Å²) in [6.45, 7) is 1.48. The molecule has 0 aliphatic carbocycles. The van der Waals surface area contributed by atoms with Crippen molar-refractivity contribution in [3.05, 3.63) is 48.3 Å². The highest BCUT2D eigenvalue weighted by Gasteiger charge is 2.24. The molecule has 146 valence electrons. The summed E-state index contributed by atoms with van der Waals surface area (Å²) in [6.07, 6.45) is 4.78. The van der Waals surface area contributed by atoms with Gasteiger partial charge in [0.1, 0.15) is 5.82 Å². The van der Waals surface area contributed by atoms with Crippen molar-refractivity contribution in [1.29, 1.82) is 0 Å². The second-order valence-electron chi connectivity index (χ2n) is 7.48. The number of carbonyl (C=O) groups is 1. The SMILES string of the molecule is CN(C)c1ccc(N[C@@H]2CCCN(C(=O)c3n[nH]c4ccccc34)CC2)cn1. The van der Waals surface area contributed by atoms with Gasteiger partial charge in [-0.3, -0.25) is 9.89 Å². The van der Waals surface area contributed by atoms with Gasteiger partial charge in [-0.2, -0.15) is 5.10 Å². The molecule has 7 nitrogen and oxygen atoms in total. The van der Waals surface area contributed by atoms with Gasteiger partial charge in [0.05, 0.1) is 17.4 Å². The summed E-state index contributed by atoms with van der Waals surface area (Å²) >= 11 is 0. The van der Waals surface area contributed by atoms with Crippen molar-refractivity contribution in [3.63, 3.8) is 0 Å². The Morgan fingerprint density at radius 2 is 2.04 bits per heavy atom. The fraction of sp³-hybridized carbons (Fsp3) is 0.381. The summed E-state index contributed by atoms with van der Waals surface area (Å²) in [6, 6.07) is 12.2. The average Bonchev–Trinajstić information content (AvgIpc) is 3.00. The third-order valence-corrected chi connectivity index (χ3v) is 5.27. The number of carbonyl (C=O) groups excluding carboxylic acids is 1. The van der Waals surface area contributed by atoms with E-state index in [4.69, 9.17) is 0 Å². The predicted octanol–water partition coefficient (Wildman–Crippen LogP) is 3.13. The zero-order valence-electron chi connectivity index (χ0n) is 16.4. The molecule has 2 aromatic heterocycles. The largest absolute Gasteiger partial charge is 0.381 e. The molecule has 1 saturated heterocycles. The van der Waals surface area contributed by atoms with E-state index in [0.717, 1.165) is 54.8 Å². The van der Waals surface area contributed by atoms with Gasteiger partial charge in [0.15, 0.2) is 5.69 Å². The van der Waals surface area contributed by atoms with Gasteiger partial charge in [0.25, 0.3) is 5.91 Å². The van der Waals surface area contributed by atoms with Crippen LogP contribution in [0, 0.1) is 0 Å². The number of para-hydroxylation sites is 1. The summed E-state index contributed by atoms with van der Waals surface area (Å²) in [5, 5.41) is 11.7. The number of nitrogens with zero attached hydrogens (tertiary/aromatic N) is 4. The number of H-pyrrole nitrogens is 1. The smallest absolute Gasteiger partial charge is 0.274 e. The van der Waals surface area contributed by atoms with Crippen molar-refractivity contribution in [2.75, 3.05) is 37.4 Å². The number of aromatic amines is 1. The Morgan fingerprint density at radius 1 is 1.18 bits per heavy atom. The Hall–Kier alpha value is -3.09. The highest BCUT2D eigenvalue weighted by atomic mass is 16.2. The number of fused-ring (bicyclic) bond motifs is 1. The number of benzene rings is 1. The first-order valence-corrected chi connectivity index (χ1v) is 9.74. The van der Waals surface area contributed by atoms with E-state index in [0.29, 0.717) is 11.7 Å². The molecule has 0 saturated carbocycles. The minimum atomic E-state index is 0.00935. The maximum atomic E-state index is 13.0. The van der Waals surface area contributed by atoms with Crippen LogP contribution in [0.25, 0.3) is 10.9 Å². The molecule has 3 aromatic rings. The van der Waals surface area contributed by atoms with E-state index >= 15 is 0 Å². The molecule has 1 aromatic carbocycles. The number of nitrogens with one attached hydrogen (secondary N) is 2. The van der Waals surface area contributed by atoms with Crippen LogP contribution in [-0.2, 0) is 0 Å². The van der Waals surface area contributed by atoms with Gasteiger partial charge in [0.2, 0.25) is 0 Å². The minimum Gasteiger partial charge on any atom is -0.381 e. The lowest BCUT2D eigenvalue weighted by Crippen LogP contribution is -2.33. The van der Waals surface area contributed by atoms with Crippen LogP contribution in [0.4, 0.5) is 11.5 Å². The van der Waals surface area contributed by atoms with E-state index in [-0.39, 0.29) is 5.91 Å². The van der Waals surface area contributed by atoms with E-state index in [1.54, 1.807) is 0 Å². The summed E-state index contributed by atoms with van der Waals surface area (Å²) in [7, 11) is 3.96. The number of pyridine rings is 1. The van der Waals surface area contributed by atoms with E-state index in [1.165, 1.54) is 0 Å². The fourth-order valence-electron chi connectivity index (χ4n) is 3.69. The molecule has 28 heavy (non-hydrogen) atoms. The average molecular weight is 378 g/mol. The molecule has 0 spiro atoms. The molecular formula is C21H26N6O. The number of rotatable bonds is 4. The molecule has 2 N–H and O–H groups in total. The molecular weight excluding hydrogens is 352 g/mol. The molecule has 4 rings (SSSR count). The standard InChI is InChI=1S/C21H26N6O/c1-26(2)19-10-9-16(14-22-19)23-15-6-5-12-27(13-11-15)21(28)20-17-7-3-4-8-18(17)24-25-20/h3-4,7-10,14-15,23H,5-6,11-13H2,1-2H3,(H,24,25)/t15-/m1/s1. The first-order chi connectivity index (χ1) is 13.6. The number of hydrogen-bond donors (Lipinski definition) is 2. The summed E-state index contributed by atoms with van der Waals surface area (Å²) in [5.74, 6) is 0.949. The molecule has 1 atom stereocenters. The second-order valence-corrected chi connectivity index (χ2v) is 7.48. The Morgan fingerprint density at radius 3 is 2.82 bits per heavy atom. The predicted molar refractivity (Wildman–Crippen MR) is 112 cm³/mol. The van der Waals surface area contributed by atoms with Crippen molar-refractivity contribution in [1.82, 2.24) is 20.1 Å². The van der Waals surface area contributed by atoms with E-state index in [1.807, 2.05) is 60.4 Å². The van der Waals surface area contributed by atoms with E-state index in [9.17, 15) is 4.79 Å². The Labute approximate surface area is 164 Å². The van der Waals surface area contributed by atoms with Crippen molar-refractivity contribution in [3.8, 4) is 0 Å². The van der Waals surface area contributed by atoms with Crippen LogP contribution in [0.15, 0.2) is 42.6 Å². The maximum Gasteiger partial charge on any atom is 0.274 e. The van der Waals surface area contributed by atoms with Crippen molar-refractivity contribution in [2.24, 2.45) is 0 Å². The lowest BCUT2D eigenvalue weighted by atomic mass is 10.1. The zero-order chi connectivity index (χ0) is 19.5. The van der Waals surface area contributed by atoms with Crippen LogP contribution in [0.2, 0.25) is 0 Å². The number of likely N-dealkylation sites (tertiary alicyclic amines) is 1. The third-order valence-electron chi connectivity index (χ3n) is 5.27. The normalized spacial score (nSPS) is 17.4. The second kappa shape index (κ2) is 7.88. The lowest BCUT2D eigenvalue weighted by Gasteiger charge is -2.20. The molecule has 1 aliphatic rings. The van der Waals surface area contributed by atoms with Crippen LogP contribution in [-0.4, -0.2) is 59.2 Å². The quantitative estimate of drug-likeness (QED) is 0.729. The van der Waals surface area contributed by atoms with Crippen LogP contribution < -0.4 is 10.2 Å². The van der Waals surface area contributed by atoms with Gasteiger partial charge in [-0.05, 0) is 37.5 Å². The number of hydrogen-bond acceptors (Lipinski definition) is 5. The Balaban J connectivity index is 1.40. The lowest BCUT2D eigenvalue weighted by molar-refractivity contribution is 0.0757. The Bertz CT molecular complexity index is 949. The topological polar surface area (TPSA) is 77.1 Å². The molecule has 0 unspecified atom stereocenters. The van der Waals surface area contributed by atoms with Gasteiger partial charge in [-0.25, -0.2) is 4.98 Å². The molecule has 3 heterocycles. The maximum absolute atomic E-state index is 13.0. The summed E-state index contributed by atoms with van der Waals surface area (Å²) < 4.78 is 0. The van der Waals surface area contributed by atoms with Gasteiger partial charge in [-0.1, -0.05) is 18.2 Å². The molecule has 1 aliphatic heterocycles. The van der Waals surface area contributed by atoms with E-state index in [2.05, 4.69) is 26.6 Å². The van der Waals surface area contributed by atoms with Gasteiger partial charge in [0, 0.05) is 38.6 Å². The van der Waals surface area contributed by atoms with Crippen LogP contribution in [0.5, 0.6) is 0 Å². The van der Waals surface area contributed by atoms with Crippen molar-refractivity contribution in [2.45, 2.75) is 25.3 Å². The van der Waals surface area contributed by atoms with Crippen LogP contribution >= 0.6 is 0 Å². The van der Waals surface area contributed by atoms with Gasteiger partial charge in [-0.15, -0.1) is 0 Å². The number of anilines is 2. The van der Waals surface area contributed by atoms with Crippen LogP contribution in [0.3, 0.4) is 0 Å². The fourth-order valence-corrected chi connectivity index (χ4v) is 3.69. The zero-order valence-corrected chi connectivity index (χ0v) is 16.4. The molecule has 0 bridgehead atoms. The molecule has 1 amide bonds. The molecule has 7 heteroatoms. The minimum absolute atomic E-state index is 0.00935. The monoisotopic (exact) mass is 378 g/mol. The van der Waals surface area contributed by atoms with Gasteiger partial charge < -0.3 is 15.1 Å². The van der Waals surface area contributed by atoms with E-state index < -0.39 is 0 Å². The Kier molecular flexibility index (Phi) is 5.14. The van der Waals surface area contributed by atoms with Crippen molar-refractivity contribution >= 4 is 28.3 Å². The summed E-state index contributed by atoms with van der Waals surface area (Å²) in [4.78, 5) is 21.4. The first kappa shape index (κ1) is 18.3. The molecule has 0 radical (unpaired) electrons.